The fraction of sp³-hybridized carbons (Fsp3) is 0.333. The summed E-state index contributed by atoms with van der Waals surface area (Å²) in [5.74, 6) is -0.858. The lowest BCUT2D eigenvalue weighted by atomic mass is 9.96. The molecule has 0 saturated carbocycles. The maximum absolute atomic E-state index is 14.5. The molecule has 8 nitrogen and oxygen atoms in total. The van der Waals surface area contributed by atoms with E-state index < -0.39 is 17.6 Å². The Bertz CT molecular complexity index is 1680. The van der Waals surface area contributed by atoms with E-state index in [0.717, 1.165) is 33.0 Å². The summed E-state index contributed by atoms with van der Waals surface area (Å²) in [5.41, 5.74) is 9.47. The first kappa shape index (κ1) is 35.0. The Morgan fingerprint density at radius 3 is 2.13 bits per heavy atom. The van der Waals surface area contributed by atoms with Gasteiger partial charge in [0.2, 0.25) is 17.7 Å². The van der Waals surface area contributed by atoms with Gasteiger partial charge in [0.15, 0.2) is 0 Å². The van der Waals surface area contributed by atoms with Crippen LogP contribution in [-0.2, 0) is 33.6 Å². The molecule has 1 heterocycles. The number of aromatic nitrogens is 1. The summed E-state index contributed by atoms with van der Waals surface area (Å²) >= 11 is 0. The Labute approximate surface area is 278 Å². The minimum Gasteiger partial charge on any atom is -0.354 e. The van der Waals surface area contributed by atoms with Crippen molar-refractivity contribution in [1.29, 1.82) is 0 Å². The maximum Gasteiger partial charge on any atom is 0.246 e. The van der Waals surface area contributed by atoms with E-state index in [9.17, 15) is 14.4 Å². The van der Waals surface area contributed by atoms with Crippen LogP contribution in [0, 0.1) is 0 Å². The van der Waals surface area contributed by atoms with Crippen molar-refractivity contribution in [2.75, 3.05) is 20.6 Å². The molecular formula is C39H47N5O3. The number of carbonyl (C=O) groups excluding carboxylic acids is 3. The van der Waals surface area contributed by atoms with Crippen LogP contribution in [0.25, 0.3) is 10.8 Å². The number of nitrogens with two attached hydrogens (primary N) is 1. The van der Waals surface area contributed by atoms with Gasteiger partial charge in [-0.25, -0.2) is 0 Å². The van der Waals surface area contributed by atoms with Crippen LogP contribution < -0.4 is 11.1 Å². The van der Waals surface area contributed by atoms with Gasteiger partial charge in [-0.1, -0.05) is 78.4 Å². The summed E-state index contributed by atoms with van der Waals surface area (Å²) in [6.07, 6.45) is 6.79. The van der Waals surface area contributed by atoms with Crippen LogP contribution >= 0.6 is 0 Å². The van der Waals surface area contributed by atoms with Crippen molar-refractivity contribution in [3.8, 4) is 0 Å². The molecule has 4 aromatic rings. The van der Waals surface area contributed by atoms with Crippen molar-refractivity contribution >= 4 is 28.5 Å². The molecule has 0 aliphatic rings. The normalized spacial score (nSPS) is 13.1. The second-order valence-electron chi connectivity index (χ2n) is 13.1. The Morgan fingerprint density at radius 1 is 0.809 bits per heavy atom. The number of amides is 3. The molecule has 0 fully saturated rings. The summed E-state index contributed by atoms with van der Waals surface area (Å²) in [6.45, 7) is 6.11. The van der Waals surface area contributed by atoms with Crippen LogP contribution in [0.15, 0.2) is 109 Å². The summed E-state index contributed by atoms with van der Waals surface area (Å²) in [6, 6.07) is 26.0. The Morgan fingerprint density at radius 2 is 1.45 bits per heavy atom. The van der Waals surface area contributed by atoms with Crippen molar-refractivity contribution < 1.29 is 14.4 Å². The van der Waals surface area contributed by atoms with Crippen LogP contribution in [0.5, 0.6) is 0 Å². The standard InChI is InChI=1S/C39H47N5O3/c1-28(27-39(2,3)40)23-36(45)43(4)35(26-31-15-16-32-13-9-10-14-33(32)24-31)38(47)44(5)34(25-30-11-7-6-8-12-30)37(46)42-22-19-29-17-20-41-21-18-29/h6-18,20-21,23-24,34-35H,19,22,25-27,40H2,1-5H3,(H,42,46)/t34-,35-/m1/s1. The van der Waals surface area contributed by atoms with Crippen LogP contribution in [0.4, 0.5) is 0 Å². The molecule has 0 saturated heterocycles. The zero-order valence-electron chi connectivity index (χ0n) is 28.1. The number of nitrogens with zero attached hydrogens (tertiary/aromatic N) is 3. The number of carbonyl (C=O) groups is 3. The van der Waals surface area contributed by atoms with Crippen molar-refractivity contribution in [3.05, 3.63) is 126 Å². The van der Waals surface area contributed by atoms with Crippen LogP contribution in [0.1, 0.15) is 43.9 Å². The van der Waals surface area contributed by atoms with Crippen LogP contribution in [0.3, 0.4) is 0 Å². The number of fused-ring (bicyclic) bond motifs is 1. The molecule has 0 radical (unpaired) electrons. The van der Waals surface area contributed by atoms with Crippen molar-refractivity contribution in [2.24, 2.45) is 5.73 Å². The van der Waals surface area contributed by atoms with Gasteiger partial charge in [0.25, 0.3) is 0 Å². The molecule has 3 aromatic carbocycles. The van der Waals surface area contributed by atoms with Crippen molar-refractivity contribution in [3.63, 3.8) is 0 Å². The van der Waals surface area contributed by atoms with Gasteiger partial charge in [-0.2, -0.15) is 0 Å². The number of hydrogen-bond donors (Lipinski definition) is 2. The van der Waals surface area contributed by atoms with Gasteiger partial charge < -0.3 is 20.9 Å². The predicted molar refractivity (Wildman–Crippen MR) is 189 cm³/mol. The van der Waals surface area contributed by atoms with E-state index in [-0.39, 0.29) is 24.1 Å². The third-order valence-electron chi connectivity index (χ3n) is 8.30. The van der Waals surface area contributed by atoms with E-state index in [2.05, 4.69) is 16.4 Å². The Hall–Kier alpha value is -4.82. The smallest absolute Gasteiger partial charge is 0.246 e. The van der Waals surface area contributed by atoms with E-state index in [4.69, 9.17) is 5.73 Å². The molecule has 0 unspecified atom stereocenters. The third kappa shape index (κ3) is 10.3. The molecule has 4 rings (SSSR count). The van der Waals surface area contributed by atoms with Crippen LogP contribution in [-0.4, -0.2) is 70.8 Å². The molecule has 2 atom stereocenters. The number of pyridine rings is 1. The highest BCUT2D eigenvalue weighted by molar-refractivity contribution is 5.95. The average molecular weight is 634 g/mol. The lowest BCUT2D eigenvalue weighted by Crippen LogP contribution is -2.56. The number of rotatable bonds is 14. The van der Waals surface area contributed by atoms with E-state index in [0.29, 0.717) is 25.8 Å². The van der Waals surface area contributed by atoms with Gasteiger partial charge in [0.05, 0.1) is 0 Å². The first-order chi connectivity index (χ1) is 22.4. The second-order valence-corrected chi connectivity index (χ2v) is 13.1. The molecule has 0 aliphatic heterocycles. The highest BCUT2D eigenvalue weighted by atomic mass is 16.2. The summed E-state index contributed by atoms with van der Waals surface area (Å²) in [7, 11) is 3.31. The molecule has 1 aromatic heterocycles. The molecule has 3 N–H and O–H groups in total. The number of nitrogens with one attached hydrogen (secondary N) is 1. The van der Waals surface area contributed by atoms with E-state index in [1.807, 2.05) is 99.6 Å². The zero-order valence-corrected chi connectivity index (χ0v) is 28.1. The first-order valence-electron chi connectivity index (χ1n) is 16.1. The minimum absolute atomic E-state index is 0.252. The molecule has 3 amide bonds. The number of likely N-dealkylation sites (N-methyl/N-ethyl adjacent to an activating group) is 2. The lowest BCUT2D eigenvalue weighted by molar-refractivity contribution is -0.146. The van der Waals surface area contributed by atoms with Crippen molar-refractivity contribution in [1.82, 2.24) is 20.1 Å². The summed E-state index contributed by atoms with van der Waals surface area (Å²) < 4.78 is 0. The highest BCUT2D eigenvalue weighted by Crippen LogP contribution is 2.21. The van der Waals surface area contributed by atoms with E-state index in [1.165, 1.54) is 9.80 Å². The quantitative estimate of drug-likeness (QED) is 0.188. The highest BCUT2D eigenvalue weighted by Gasteiger charge is 2.35. The third-order valence-corrected chi connectivity index (χ3v) is 8.30. The minimum atomic E-state index is -0.855. The molecule has 0 spiro atoms. The molecule has 246 valence electrons. The van der Waals surface area contributed by atoms with E-state index >= 15 is 0 Å². The number of hydrogen-bond acceptors (Lipinski definition) is 5. The maximum atomic E-state index is 14.5. The second kappa shape index (κ2) is 16.1. The van der Waals surface area contributed by atoms with Gasteiger partial charge in [0.1, 0.15) is 12.1 Å². The molecule has 8 heteroatoms. The largest absolute Gasteiger partial charge is 0.354 e. The molecule has 0 aliphatic carbocycles. The SMILES string of the molecule is CC(=CC(=O)N(C)[C@H](Cc1ccc2ccccc2c1)C(=O)N(C)[C@H](Cc1ccccc1)C(=O)NCCc1ccncc1)CC(C)(C)N. The monoisotopic (exact) mass is 633 g/mol. The Kier molecular flexibility index (Phi) is 12.0. The van der Waals surface area contributed by atoms with E-state index in [1.54, 1.807) is 32.6 Å². The van der Waals surface area contributed by atoms with Gasteiger partial charge >= 0.3 is 0 Å². The van der Waals surface area contributed by atoms with Crippen LogP contribution in [0.2, 0.25) is 0 Å². The summed E-state index contributed by atoms with van der Waals surface area (Å²) in [5, 5.41) is 5.18. The van der Waals surface area contributed by atoms with Gasteiger partial charge in [-0.3, -0.25) is 19.4 Å². The molecular weight excluding hydrogens is 586 g/mol. The first-order valence-corrected chi connectivity index (χ1v) is 16.1. The van der Waals surface area contributed by atoms with Crippen molar-refractivity contribution in [2.45, 2.75) is 64.1 Å². The topological polar surface area (TPSA) is 109 Å². The van der Waals surface area contributed by atoms with Gasteiger partial charge in [-0.15, -0.1) is 0 Å². The molecule has 0 bridgehead atoms. The average Bonchev–Trinajstić information content (AvgIpc) is 3.05. The lowest BCUT2D eigenvalue weighted by Gasteiger charge is -2.34. The summed E-state index contributed by atoms with van der Waals surface area (Å²) in [4.78, 5) is 49.0. The van der Waals surface area contributed by atoms with Gasteiger partial charge in [-0.05, 0) is 73.2 Å². The predicted octanol–water partition coefficient (Wildman–Crippen LogP) is 5.11. The van der Waals surface area contributed by atoms with Gasteiger partial charge in [0, 0.05) is 57.5 Å². The number of benzene rings is 3. The zero-order chi connectivity index (χ0) is 34.0. The Balaban J connectivity index is 1.63. The fourth-order valence-corrected chi connectivity index (χ4v) is 5.84. The molecule has 47 heavy (non-hydrogen) atoms. The fourth-order valence-electron chi connectivity index (χ4n) is 5.84.